The van der Waals surface area contributed by atoms with Gasteiger partial charge in [0, 0.05) is 0 Å². The fourth-order valence-electron chi connectivity index (χ4n) is 1.18. The van der Waals surface area contributed by atoms with Gasteiger partial charge < -0.3 is 10.1 Å². The topological polar surface area (TPSA) is 38.3 Å². The third kappa shape index (κ3) is 6.27. The van der Waals surface area contributed by atoms with Crippen LogP contribution in [0.3, 0.4) is 0 Å². The van der Waals surface area contributed by atoms with E-state index in [2.05, 4.69) is 16.3 Å². The van der Waals surface area contributed by atoms with Crippen LogP contribution < -0.4 is 5.32 Å². The molecule has 0 rings (SSSR count). The maximum atomic E-state index is 11.2. The zero-order valence-electron chi connectivity index (χ0n) is 9.34. The number of carbonyl (C=O) groups excluding carboxylic acids is 1. The monoisotopic (exact) mass is 219 g/mol. The summed E-state index contributed by atoms with van der Waals surface area (Å²) in [5.41, 5.74) is 0. The molecule has 0 heterocycles. The number of nitrogens with one attached hydrogen (secondary N) is 1. The molecule has 0 aliphatic carbocycles. The molecule has 0 saturated carbocycles. The summed E-state index contributed by atoms with van der Waals surface area (Å²) in [5.74, 6) is 1.04. The van der Waals surface area contributed by atoms with Crippen LogP contribution in [-0.4, -0.2) is 37.7 Å². The van der Waals surface area contributed by atoms with Crippen molar-refractivity contribution in [3.63, 3.8) is 0 Å². The van der Waals surface area contributed by atoms with Crippen LogP contribution >= 0.6 is 11.8 Å². The molecular weight excluding hydrogens is 198 g/mol. The van der Waals surface area contributed by atoms with E-state index in [1.807, 2.05) is 18.7 Å². The maximum Gasteiger partial charge on any atom is 0.322 e. The normalized spacial score (nSPS) is 12.5. The van der Waals surface area contributed by atoms with E-state index in [0.717, 1.165) is 19.4 Å². The van der Waals surface area contributed by atoms with Gasteiger partial charge >= 0.3 is 5.97 Å². The number of hydrogen-bond acceptors (Lipinski definition) is 4. The minimum absolute atomic E-state index is 0.130. The number of rotatable bonds is 8. The first-order valence-electron chi connectivity index (χ1n) is 5.06. The molecule has 0 aromatic carbocycles. The molecule has 0 fully saturated rings. The van der Waals surface area contributed by atoms with Gasteiger partial charge in [0.2, 0.25) is 0 Å². The van der Waals surface area contributed by atoms with Crippen LogP contribution in [0.4, 0.5) is 0 Å². The summed E-state index contributed by atoms with van der Waals surface area (Å²) in [7, 11) is 1.43. The van der Waals surface area contributed by atoms with Gasteiger partial charge in [-0.05, 0) is 37.8 Å². The average Bonchev–Trinajstić information content (AvgIpc) is 2.22. The van der Waals surface area contributed by atoms with E-state index < -0.39 is 0 Å². The van der Waals surface area contributed by atoms with Crippen LogP contribution in [0, 0.1) is 0 Å². The van der Waals surface area contributed by atoms with Gasteiger partial charge in [0.1, 0.15) is 6.04 Å². The van der Waals surface area contributed by atoms with Crippen molar-refractivity contribution < 1.29 is 9.53 Å². The summed E-state index contributed by atoms with van der Waals surface area (Å²) < 4.78 is 4.68. The van der Waals surface area contributed by atoms with E-state index in [1.54, 1.807) is 0 Å². The van der Waals surface area contributed by atoms with Crippen molar-refractivity contribution in [2.45, 2.75) is 32.2 Å². The Labute approximate surface area is 91.0 Å². The van der Waals surface area contributed by atoms with Gasteiger partial charge in [0.05, 0.1) is 7.11 Å². The van der Waals surface area contributed by atoms with Crippen molar-refractivity contribution in [1.82, 2.24) is 5.32 Å². The molecule has 4 heteroatoms. The first-order valence-corrected chi connectivity index (χ1v) is 6.45. The zero-order valence-corrected chi connectivity index (χ0v) is 10.2. The number of esters is 1. The van der Waals surface area contributed by atoms with Crippen molar-refractivity contribution in [2.24, 2.45) is 0 Å². The second-order valence-electron chi connectivity index (χ2n) is 3.14. The van der Waals surface area contributed by atoms with Crippen molar-refractivity contribution in [3.8, 4) is 0 Å². The number of methoxy groups -OCH3 is 1. The molecular formula is C10H21NO2S. The van der Waals surface area contributed by atoms with Gasteiger partial charge in [0.25, 0.3) is 0 Å². The van der Waals surface area contributed by atoms with Gasteiger partial charge in [-0.2, -0.15) is 11.8 Å². The second-order valence-corrected chi connectivity index (χ2v) is 4.12. The summed E-state index contributed by atoms with van der Waals surface area (Å²) in [5, 5.41) is 3.20. The van der Waals surface area contributed by atoms with Gasteiger partial charge in [0.15, 0.2) is 0 Å². The van der Waals surface area contributed by atoms with E-state index in [4.69, 9.17) is 0 Å². The maximum absolute atomic E-state index is 11.2. The summed E-state index contributed by atoms with van der Waals surface area (Å²) in [6.45, 7) is 2.88. The van der Waals surface area contributed by atoms with Crippen LogP contribution in [0.2, 0.25) is 0 Å². The SMILES string of the molecule is CCC(NCCCCSC)C(=O)OC. The highest BCUT2D eigenvalue weighted by atomic mass is 32.2. The van der Waals surface area contributed by atoms with E-state index in [1.165, 1.54) is 19.3 Å². The van der Waals surface area contributed by atoms with Crippen LogP contribution in [-0.2, 0) is 9.53 Å². The van der Waals surface area contributed by atoms with Gasteiger partial charge in [-0.3, -0.25) is 4.79 Å². The third-order valence-electron chi connectivity index (χ3n) is 2.06. The standard InChI is InChI=1S/C10H21NO2S/c1-4-9(10(12)13-2)11-7-5-6-8-14-3/h9,11H,4-8H2,1-3H3. The van der Waals surface area contributed by atoms with Crippen molar-refractivity contribution >= 4 is 17.7 Å². The number of unbranched alkanes of at least 4 members (excludes halogenated alkanes) is 1. The summed E-state index contributed by atoms with van der Waals surface area (Å²) in [6, 6.07) is -0.130. The van der Waals surface area contributed by atoms with Crippen LogP contribution in [0.25, 0.3) is 0 Å². The van der Waals surface area contributed by atoms with E-state index in [0.29, 0.717) is 0 Å². The number of thioether (sulfide) groups is 1. The lowest BCUT2D eigenvalue weighted by Crippen LogP contribution is -2.37. The first kappa shape index (κ1) is 13.8. The zero-order chi connectivity index (χ0) is 10.8. The Kier molecular flexibility index (Phi) is 9.19. The molecule has 0 aromatic rings. The molecule has 3 nitrogen and oxygen atoms in total. The van der Waals surface area contributed by atoms with Crippen molar-refractivity contribution in [2.75, 3.05) is 25.7 Å². The molecule has 0 saturated heterocycles. The Hall–Kier alpha value is -0.220. The van der Waals surface area contributed by atoms with Crippen LogP contribution in [0.15, 0.2) is 0 Å². The van der Waals surface area contributed by atoms with E-state index in [-0.39, 0.29) is 12.0 Å². The fraction of sp³-hybridized carbons (Fsp3) is 0.900. The van der Waals surface area contributed by atoms with Crippen molar-refractivity contribution in [3.05, 3.63) is 0 Å². The van der Waals surface area contributed by atoms with Crippen LogP contribution in [0.1, 0.15) is 26.2 Å². The summed E-state index contributed by atoms with van der Waals surface area (Å²) >= 11 is 1.86. The van der Waals surface area contributed by atoms with Gasteiger partial charge in [-0.25, -0.2) is 0 Å². The number of carbonyl (C=O) groups is 1. The number of hydrogen-bond donors (Lipinski definition) is 1. The fourth-order valence-corrected chi connectivity index (χ4v) is 1.68. The Morgan fingerprint density at radius 2 is 2.21 bits per heavy atom. The predicted molar refractivity (Wildman–Crippen MR) is 61.7 cm³/mol. The minimum Gasteiger partial charge on any atom is -0.468 e. The molecule has 14 heavy (non-hydrogen) atoms. The first-order chi connectivity index (χ1) is 6.76. The summed E-state index contributed by atoms with van der Waals surface area (Å²) in [4.78, 5) is 11.2. The minimum atomic E-state index is -0.155. The highest BCUT2D eigenvalue weighted by Gasteiger charge is 2.14. The Balaban J connectivity index is 3.48. The smallest absolute Gasteiger partial charge is 0.322 e. The lowest BCUT2D eigenvalue weighted by atomic mass is 10.2. The molecule has 1 atom stereocenters. The molecule has 0 bridgehead atoms. The molecule has 1 N–H and O–H groups in total. The lowest BCUT2D eigenvalue weighted by Gasteiger charge is -2.13. The average molecular weight is 219 g/mol. The number of ether oxygens (including phenoxy) is 1. The summed E-state index contributed by atoms with van der Waals surface area (Å²) in [6.07, 6.45) is 5.21. The molecule has 84 valence electrons. The van der Waals surface area contributed by atoms with Crippen LogP contribution in [0.5, 0.6) is 0 Å². The highest BCUT2D eigenvalue weighted by molar-refractivity contribution is 7.98. The Morgan fingerprint density at radius 3 is 2.71 bits per heavy atom. The van der Waals surface area contributed by atoms with Gasteiger partial charge in [-0.15, -0.1) is 0 Å². The Morgan fingerprint density at radius 1 is 1.50 bits per heavy atom. The van der Waals surface area contributed by atoms with E-state index in [9.17, 15) is 4.79 Å². The third-order valence-corrected chi connectivity index (χ3v) is 2.76. The predicted octanol–water partition coefficient (Wildman–Crippen LogP) is 1.67. The lowest BCUT2D eigenvalue weighted by molar-refractivity contribution is -0.143. The molecule has 0 amide bonds. The van der Waals surface area contributed by atoms with Gasteiger partial charge in [-0.1, -0.05) is 6.92 Å². The van der Waals surface area contributed by atoms with E-state index >= 15 is 0 Å². The molecule has 0 radical (unpaired) electrons. The highest BCUT2D eigenvalue weighted by Crippen LogP contribution is 1.99. The second kappa shape index (κ2) is 9.34. The molecule has 0 aromatic heterocycles. The molecule has 0 aliphatic rings. The molecule has 1 unspecified atom stereocenters. The quantitative estimate of drug-likeness (QED) is 0.498. The largest absolute Gasteiger partial charge is 0.468 e. The molecule has 0 spiro atoms. The Bertz CT molecular complexity index is 153. The molecule has 0 aliphatic heterocycles. The van der Waals surface area contributed by atoms with Crippen molar-refractivity contribution in [1.29, 1.82) is 0 Å².